The van der Waals surface area contributed by atoms with Gasteiger partial charge in [-0.1, -0.05) is 6.07 Å². The molecule has 104 valence electrons. The van der Waals surface area contributed by atoms with Crippen LogP contribution in [0.1, 0.15) is 12.0 Å². The van der Waals surface area contributed by atoms with Gasteiger partial charge in [0.05, 0.1) is 0 Å². The Labute approximate surface area is 114 Å². The minimum Gasteiger partial charge on any atom is -0.363 e. The molecule has 2 heterocycles. The fourth-order valence-electron chi connectivity index (χ4n) is 2.16. The molecule has 1 aromatic heterocycles. The SMILES string of the molecule is CN1CCN(Cc2ccc(N(C)C)nc2)CCC1=O. The molecule has 0 aliphatic carbocycles. The molecule has 1 aromatic rings. The van der Waals surface area contributed by atoms with Crippen molar-refractivity contribution in [2.45, 2.75) is 13.0 Å². The summed E-state index contributed by atoms with van der Waals surface area (Å²) < 4.78 is 0. The summed E-state index contributed by atoms with van der Waals surface area (Å²) in [5.74, 6) is 1.21. The first-order valence-corrected chi connectivity index (χ1v) is 6.65. The van der Waals surface area contributed by atoms with Crippen molar-refractivity contribution in [2.75, 3.05) is 45.7 Å². The van der Waals surface area contributed by atoms with Crippen LogP contribution in [0.15, 0.2) is 18.3 Å². The van der Waals surface area contributed by atoms with Gasteiger partial charge in [-0.05, 0) is 11.6 Å². The maximum absolute atomic E-state index is 11.6. The largest absolute Gasteiger partial charge is 0.363 e. The maximum Gasteiger partial charge on any atom is 0.223 e. The first-order chi connectivity index (χ1) is 9.06. The van der Waals surface area contributed by atoms with Crippen LogP contribution >= 0.6 is 0 Å². The molecule has 0 bridgehead atoms. The van der Waals surface area contributed by atoms with Gasteiger partial charge in [-0.15, -0.1) is 0 Å². The number of anilines is 1. The molecule has 0 spiro atoms. The Bertz CT molecular complexity index is 430. The third-order valence-corrected chi connectivity index (χ3v) is 3.49. The van der Waals surface area contributed by atoms with Gasteiger partial charge in [-0.2, -0.15) is 0 Å². The van der Waals surface area contributed by atoms with E-state index in [-0.39, 0.29) is 5.91 Å². The lowest BCUT2D eigenvalue weighted by atomic mass is 10.2. The second kappa shape index (κ2) is 6.02. The second-order valence-electron chi connectivity index (χ2n) is 5.26. The van der Waals surface area contributed by atoms with Crippen molar-refractivity contribution in [3.63, 3.8) is 0 Å². The predicted octanol–water partition coefficient (Wildman–Crippen LogP) is 0.812. The van der Waals surface area contributed by atoms with Gasteiger partial charge < -0.3 is 9.80 Å². The lowest BCUT2D eigenvalue weighted by Crippen LogP contribution is -2.29. The number of nitrogens with zero attached hydrogens (tertiary/aromatic N) is 4. The van der Waals surface area contributed by atoms with E-state index >= 15 is 0 Å². The first-order valence-electron chi connectivity index (χ1n) is 6.65. The van der Waals surface area contributed by atoms with Crippen molar-refractivity contribution in [3.05, 3.63) is 23.9 Å². The van der Waals surface area contributed by atoms with E-state index < -0.39 is 0 Å². The van der Waals surface area contributed by atoms with E-state index in [4.69, 9.17) is 0 Å². The fraction of sp³-hybridized carbons (Fsp3) is 0.571. The minimum atomic E-state index is 0.239. The molecule has 0 unspecified atom stereocenters. The standard InChI is InChI=1S/C14H22N4O/c1-16(2)13-5-4-12(10-15-13)11-18-7-6-14(19)17(3)8-9-18/h4-5,10H,6-9,11H2,1-3H3. The van der Waals surface area contributed by atoms with Crippen LogP contribution in [0.3, 0.4) is 0 Å². The van der Waals surface area contributed by atoms with Gasteiger partial charge in [-0.25, -0.2) is 4.98 Å². The summed E-state index contributed by atoms with van der Waals surface area (Å²) in [4.78, 5) is 22.1. The van der Waals surface area contributed by atoms with Crippen LogP contribution < -0.4 is 4.90 Å². The molecule has 1 aliphatic heterocycles. The highest BCUT2D eigenvalue weighted by atomic mass is 16.2. The van der Waals surface area contributed by atoms with Gasteiger partial charge >= 0.3 is 0 Å². The minimum absolute atomic E-state index is 0.239. The molecule has 0 N–H and O–H groups in total. The lowest BCUT2D eigenvalue weighted by Gasteiger charge is -2.20. The summed E-state index contributed by atoms with van der Waals surface area (Å²) in [7, 11) is 5.84. The highest BCUT2D eigenvalue weighted by Gasteiger charge is 2.17. The van der Waals surface area contributed by atoms with E-state index in [9.17, 15) is 4.79 Å². The molecule has 5 nitrogen and oxygen atoms in total. The lowest BCUT2D eigenvalue weighted by molar-refractivity contribution is -0.129. The third kappa shape index (κ3) is 3.67. The van der Waals surface area contributed by atoms with E-state index in [0.29, 0.717) is 6.42 Å². The molecule has 0 radical (unpaired) electrons. The van der Waals surface area contributed by atoms with Gasteiger partial charge in [-0.3, -0.25) is 9.69 Å². The number of aromatic nitrogens is 1. The Morgan fingerprint density at radius 2 is 2.05 bits per heavy atom. The number of likely N-dealkylation sites (N-methyl/N-ethyl adjacent to an activating group) is 1. The summed E-state index contributed by atoms with van der Waals surface area (Å²) in [6.45, 7) is 3.43. The van der Waals surface area contributed by atoms with Crippen LogP contribution in [-0.2, 0) is 11.3 Å². The van der Waals surface area contributed by atoms with Crippen LogP contribution in [0.5, 0.6) is 0 Å². The van der Waals surface area contributed by atoms with Gasteiger partial charge in [0.15, 0.2) is 0 Å². The van der Waals surface area contributed by atoms with Crippen molar-refractivity contribution in [2.24, 2.45) is 0 Å². The molecule has 1 aliphatic rings. The third-order valence-electron chi connectivity index (χ3n) is 3.49. The van der Waals surface area contributed by atoms with E-state index in [2.05, 4.69) is 16.0 Å². The Hall–Kier alpha value is -1.62. The first kappa shape index (κ1) is 13.8. The van der Waals surface area contributed by atoms with Crippen molar-refractivity contribution < 1.29 is 4.79 Å². The zero-order valence-electron chi connectivity index (χ0n) is 12.0. The monoisotopic (exact) mass is 262 g/mol. The zero-order valence-corrected chi connectivity index (χ0v) is 12.0. The molecule has 2 rings (SSSR count). The van der Waals surface area contributed by atoms with E-state index in [1.807, 2.05) is 43.2 Å². The van der Waals surface area contributed by atoms with Gasteiger partial charge in [0.1, 0.15) is 5.82 Å². The molecule has 0 aromatic carbocycles. The number of carbonyl (C=O) groups is 1. The molecule has 1 saturated heterocycles. The average Bonchev–Trinajstić information content (AvgIpc) is 2.55. The Morgan fingerprint density at radius 3 is 2.68 bits per heavy atom. The highest BCUT2D eigenvalue weighted by molar-refractivity contribution is 5.76. The summed E-state index contributed by atoms with van der Waals surface area (Å²) >= 11 is 0. The van der Waals surface area contributed by atoms with Gasteiger partial charge in [0, 0.05) is 59.9 Å². The molecule has 0 atom stereocenters. The number of amides is 1. The number of hydrogen-bond donors (Lipinski definition) is 0. The van der Waals surface area contributed by atoms with Crippen LogP contribution in [0.4, 0.5) is 5.82 Å². The molecule has 1 fully saturated rings. The normalized spacial score (nSPS) is 17.4. The number of hydrogen-bond acceptors (Lipinski definition) is 4. The molecule has 1 amide bonds. The summed E-state index contributed by atoms with van der Waals surface area (Å²) in [6.07, 6.45) is 2.53. The topological polar surface area (TPSA) is 39.7 Å². The Kier molecular flexibility index (Phi) is 4.37. The summed E-state index contributed by atoms with van der Waals surface area (Å²) in [5.41, 5.74) is 1.20. The van der Waals surface area contributed by atoms with Crippen molar-refractivity contribution >= 4 is 11.7 Å². The second-order valence-corrected chi connectivity index (χ2v) is 5.26. The summed E-state index contributed by atoms with van der Waals surface area (Å²) in [5, 5.41) is 0. The summed E-state index contributed by atoms with van der Waals surface area (Å²) in [6, 6.07) is 4.14. The number of pyridine rings is 1. The highest BCUT2D eigenvalue weighted by Crippen LogP contribution is 2.11. The molecular formula is C14H22N4O. The predicted molar refractivity (Wildman–Crippen MR) is 76.1 cm³/mol. The smallest absolute Gasteiger partial charge is 0.223 e. The van der Waals surface area contributed by atoms with Gasteiger partial charge in [0.2, 0.25) is 5.91 Å². The molecule has 5 heteroatoms. The van der Waals surface area contributed by atoms with Crippen LogP contribution in [0.25, 0.3) is 0 Å². The zero-order chi connectivity index (χ0) is 13.8. The molecular weight excluding hydrogens is 240 g/mol. The van der Waals surface area contributed by atoms with Gasteiger partial charge in [0.25, 0.3) is 0 Å². The average molecular weight is 262 g/mol. The number of rotatable bonds is 3. The molecule has 19 heavy (non-hydrogen) atoms. The maximum atomic E-state index is 11.6. The Morgan fingerprint density at radius 1 is 1.26 bits per heavy atom. The van der Waals surface area contributed by atoms with Crippen molar-refractivity contribution in [3.8, 4) is 0 Å². The van der Waals surface area contributed by atoms with E-state index in [1.54, 1.807) is 0 Å². The fourth-order valence-corrected chi connectivity index (χ4v) is 2.16. The van der Waals surface area contributed by atoms with Crippen molar-refractivity contribution in [1.29, 1.82) is 0 Å². The van der Waals surface area contributed by atoms with Crippen LogP contribution in [0.2, 0.25) is 0 Å². The van der Waals surface area contributed by atoms with E-state index in [1.165, 1.54) is 5.56 Å². The van der Waals surface area contributed by atoms with Crippen molar-refractivity contribution in [1.82, 2.24) is 14.8 Å². The Balaban J connectivity index is 1.95. The number of carbonyl (C=O) groups excluding carboxylic acids is 1. The van der Waals surface area contributed by atoms with E-state index in [0.717, 1.165) is 32.0 Å². The van der Waals surface area contributed by atoms with Crippen LogP contribution in [0, 0.1) is 0 Å². The quantitative estimate of drug-likeness (QED) is 0.808. The van der Waals surface area contributed by atoms with Crippen LogP contribution in [-0.4, -0.2) is 61.5 Å². The molecule has 0 saturated carbocycles.